The summed E-state index contributed by atoms with van der Waals surface area (Å²) in [4.78, 5) is 2.28. The molecule has 3 heteroatoms. The molecule has 2 rings (SSSR count). The van der Waals surface area contributed by atoms with E-state index in [-0.39, 0.29) is 0 Å². The fourth-order valence-electron chi connectivity index (χ4n) is 2.24. The summed E-state index contributed by atoms with van der Waals surface area (Å²) in [6.07, 6.45) is 0. The van der Waals surface area contributed by atoms with Crippen LogP contribution >= 0.6 is 0 Å². The first kappa shape index (κ1) is 7.53. The second-order valence-electron chi connectivity index (χ2n) is 3.93. The molecule has 1 atom stereocenters. The van der Waals surface area contributed by atoms with Gasteiger partial charge in [0.2, 0.25) is 0 Å². The zero-order valence-electron chi connectivity index (χ0n) is 6.92. The highest BCUT2D eigenvalue weighted by molar-refractivity contribution is 4.99. The Morgan fingerprint density at radius 1 is 1.64 bits per heavy atom. The standard InChI is InChI=1S/C8H15NO2/c1-9-2-7(3-10)8(4-9)5-11-6-8/h7,10H,2-6H2,1H3. The fraction of sp³-hybridized carbons (Fsp3) is 1.00. The number of ether oxygens (including phenoxy) is 1. The van der Waals surface area contributed by atoms with Gasteiger partial charge >= 0.3 is 0 Å². The smallest absolute Gasteiger partial charge is 0.0561 e. The summed E-state index contributed by atoms with van der Waals surface area (Å²) >= 11 is 0. The van der Waals surface area contributed by atoms with E-state index in [1.54, 1.807) is 0 Å². The molecule has 0 radical (unpaired) electrons. The topological polar surface area (TPSA) is 32.7 Å². The molecule has 11 heavy (non-hydrogen) atoms. The zero-order chi connectivity index (χ0) is 7.90. The lowest BCUT2D eigenvalue weighted by molar-refractivity contribution is -0.133. The third-order valence-electron chi connectivity index (χ3n) is 2.98. The van der Waals surface area contributed by atoms with E-state index in [4.69, 9.17) is 9.84 Å². The van der Waals surface area contributed by atoms with Crippen LogP contribution < -0.4 is 0 Å². The molecule has 64 valence electrons. The van der Waals surface area contributed by atoms with E-state index in [0.717, 1.165) is 26.3 Å². The highest BCUT2D eigenvalue weighted by atomic mass is 16.5. The van der Waals surface area contributed by atoms with Crippen molar-refractivity contribution in [3.8, 4) is 0 Å². The van der Waals surface area contributed by atoms with Crippen molar-refractivity contribution in [2.24, 2.45) is 11.3 Å². The van der Waals surface area contributed by atoms with Gasteiger partial charge in [-0.2, -0.15) is 0 Å². The van der Waals surface area contributed by atoms with Crippen LogP contribution in [0.4, 0.5) is 0 Å². The quantitative estimate of drug-likeness (QED) is 0.560. The number of likely N-dealkylation sites (tertiary alicyclic amines) is 1. The van der Waals surface area contributed by atoms with Crippen molar-refractivity contribution in [1.82, 2.24) is 4.90 Å². The molecule has 2 heterocycles. The molecule has 2 fully saturated rings. The second-order valence-corrected chi connectivity index (χ2v) is 3.93. The van der Waals surface area contributed by atoms with E-state index in [1.165, 1.54) is 0 Å². The van der Waals surface area contributed by atoms with E-state index in [9.17, 15) is 0 Å². The molecular weight excluding hydrogens is 142 g/mol. The molecule has 0 bridgehead atoms. The summed E-state index contributed by atoms with van der Waals surface area (Å²) in [6, 6.07) is 0. The Balaban J connectivity index is 2.07. The highest BCUT2D eigenvalue weighted by Crippen LogP contribution is 2.41. The van der Waals surface area contributed by atoms with Crippen LogP contribution in [0.2, 0.25) is 0 Å². The molecule has 1 spiro atoms. The first-order chi connectivity index (χ1) is 5.27. The van der Waals surface area contributed by atoms with Gasteiger partial charge in [0, 0.05) is 31.0 Å². The van der Waals surface area contributed by atoms with Crippen molar-refractivity contribution in [2.75, 3.05) is 40.0 Å². The zero-order valence-corrected chi connectivity index (χ0v) is 6.92. The van der Waals surface area contributed by atoms with E-state index >= 15 is 0 Å². The fourth-order valence-corrected chi connectivity index (χ4v) is 2.24. The van der Waals surface area contributed by atoms with Crippen LogP contribution in [0.5, 0.6) is 0 Å². The maximum absolute atomic E-state index is 9.10. The number of hydrogen-bond acceptors (Lipinski definition) is 3. The summed E-state index contributed by atoms with van der Waals surface area (Å²) < 4.78 is 5.20. The van der Waals surface area contributed by atoms with Crippen molar-refractivity contribution in [1.29, 1.82) is 0 Å². The van der Waals surface area contributed by atoms with Gasteiger partial charge in [0.25, 0.3) is 0 Å². The highest BCUT2D eigenvalue weighted by Gasteiger charge is 2.50. The van der Waals surface area contributed by atoms with Gasteiger partial charge in [0.1, 0.15) is 0 Å². The number of nitrogens with zero attached hydrogens (tertiary/aromatic N) is 1. The van der Waals surface area contributed by atoms with Gasteiger partial charge in [0.05, 0.1) is 13.2 Å². The van der Waals surface area contributed by atoms with Gasteiger partial charge in [-0.1, -0.05) is 0 Å². The molecule has 2 saturated heterocycles. The molecule has 3 nitrogen and oxygen atoms in total. The van der Waals surface area contributed by atoms with Crippen LogP contribution in [-0.4, -0.2) is 50.0 Å². The lowest BCUT2D eigenvalue weighted by atomic mass is 9.77. The largest absolute Gasteiger partial charge is 0.396 e. The van der Waals surface area contributed by atoms with Crippen molar-refractivity contribution in [3.63, 3.8) is 0 Å². The molecule has 2 aliphatic heterocycles. The molecule has 2 aliphatic rings. The molecule has 0 aromatic carbocycles. The van der Waals surface area contributed by atoms with Crippen molar-refractivity contribution >= 4 is 0 Å². The molecular formula is C8H15NO2. The van der Waals surface area contributed by atoms with Crippen LogP contribution in [0.15, 0.2) is 0 Å². The van der Waals surface area contributed by atoms with Gasteiger partial charge in [-0.3, -0.25) is 0 Å². The summed E-state index contributed by atoms with van der Waals surface area (Å²) in [6.45, 7) is 4.14. The van der Waals surface area contributed by atoms with Crippen LogP contribution in [0.1, 0.15) is 0 Å². The van der Waals surface area contributed by atoms with Crippen molar-refractivity contribution in [3.05, 3.63) is 0 Å². The minimum absolute atomic E-state index is 0.309. The summed E-state index contributed by atoms with van der Waals surface area (Å²) in [5, 5.41) is 9.10. The molecule has 0 aliphatic carbocycles. The third kappa shape index (κ3) is 0.991. The van der Waals surface area contributed by atoms with Gasteiger partial charge in [-0.05, 0) is 7.05 Å². The first-order valence-electron chi connectivity index (χ1n) is 4.14. The Bertz CT molecular complexity index is 156. The van der Waals surface area contributed by atoms with Crippen LogP contribution in [0, 0.1) is 11.3 Å². The Kier molecular flexibility index (Phi) is 1.67. The minimum atomic E-state index is 0.309. The average molecular weight is 157 g/mol. The predicted octanol–water partition coefficient (Wildman–Crippen LogP) is -0.443. The van der Waals surface area contributed by atoms with E-state index in [0.29, 0.717) is 17.9 Å². The van der Waals surface area contributed by atoms with Gasteiger partial charge < -0.3 is 14.7 Å². The Hall–Kier alpha value is -0.120. The molecule has 0 aromatic heterocycles. The molecule has 0 aromatic rings. The SMILES string of the molecule is CN1CC(CO)C2(COC2)C1. The van der Waals surface area contributed by atoms with E-state index < -0.39 is 0 Å². The maximum atomic E-state index is 9.10. The Labute approximate surface area is 66.9 Å². The molecule has 1 N–H and O–H groups in total. The third-order valence-corrected chi connectivity index (χ3v) is 2.98. The average Bonchev–Trinajstić information content (AvgIpc) is 2.25. The van der Waals surface area contributed by atoms with Gasteiger partial charge in [-0.25, -0.2) is 0 Å². The van der Waals surface area contributed by atoms with Gasteiger partial charge in [-0.15, -0.1) is 0 Å². The van der Waals surface area contributed by atoms with Crippen molar-refractivity contribution < 1.29 is 9.84 Å². The molecule has 0 saturated carbocycles. The van der Waals surface area contributed by atoms with Crippen LogP contribution in [0.3, 0.4) is 0 Å². The summed E-state index contributed by atoms with van der Waals surface area (Å²) in [7, 11) is 2.11. The molecule has 0 amide bonds. The number of rotatable bonds is 1. The first-order valence-corrected chi connectivity index (χ1v) is 4.14. The monoisotopic (exact) mass is 157 g/mol. The van der Waals surface area contributed by atoms with Crippen LogP contribution in [-0.2, 0) is 4.74 Å². The van der Waals surface area contributed by atoms with Crippen molar-refractivity contribution in [2.45, 2.75) is 0 Å². The normalized spacial score (nSPS) is 36.0. The number of aliphatic hydroxyl groups excluding tert-OH is 1. The maximum Gasteiger partial charge on any atom is 0.0561 e. The summed E-state index contributed by atoms with van der Waals surface area (Å²) in [5.74, 6) is 0.446. The summed E-state index contributed by atoms with van der Waals surface area (Å²) in [5.41, 5.74) is 0.309. The van der Waals surface area contributed by atoms with Gasteiger partial charge in [0.15, 0.2) is 0 Å². The lowest BCUT2D eigenvalue weighted by Crippen LogP contribution is -2.49. The van der Waals surface area contributed by atoms with E-state index in [1.807, 2.05) is 0 Å². The molecule has 1 unspecified atom stereocenters. The Morgan fingerprint density at radius 3 is 2.73 bits per heavy atom. The Morgan fingerprint density at radius 2 is 2.36 bits per heavy atom. The predicted molar refractivity (Wildman–Crippen MR) is 41.3 cm³/mol. The number of aliphatic hydroxyl groups is 1. The second kappa shape index (κ2) is 2.44. The van der Waals surface area contributed by atoms with Crippen LogP contribution in [0.25, 0.3) is 0 Å². The van der Waals surface area contributed by atoms with E-state index in [2.05, 4.69) is 11.9 Å². The minimum Gasteiger partial charge on any atom is -0.396 e. The number of hydrogen-bond donors (Lipinski definition) is 1. The lowest BCUT2D eigenvalue weighted by Gasteiger charge is -2.41.